The molecular formula is C34H52N4O5S. The van der Waals surface area contributed by atoms with Gasteiger partial charge in [0.05, 0.1) is 18.6 Å². The minimum absolute atomic E-state index is 0.0514. The maximum absolute atomic E-state index is 13.5. The monoisotopic (exact) mass is 628 g/mol. The number of sulfonamides is 1. The number of nitrogens with zero attached hydrogens (tertiary/aromatic N) is 3. The van der Waals surface area contributed by atoms with Crippen molar-refractivity contribution in [2.75, 3.05) is 73.7 Å². The van der Waals surface area contributed by atoms with E-state index in [1.54, 1.807) is 17.5 Å². The van der Waals surface area contributed by atoms with Crippen molar-refractivity contribution >= 4 is 15.9 Å². The second-order valence-electron chi connectivity index (χ2n) is 12.7. The Bertz CT molecular complexity index is 1340. The fourth-order valence-electron chi connectivity index (χ4n) is 6.97. The van der Waals surface area contributed by atoms with Gasteiger partial charge in [-0.3, -0.25) is 9.69 Å². The van der Waals surface area contributed by atoms with Gasteiger partial charge in [-0.25, -0.2) is 8.42 Å². The van der Waals surface area contributed by atoms with Gasteiger partial charge in [0.1, 0.15) is 12.4 Å². The van der Waals surface area contributed by atoms with Gasteiger partial charge in [-0.05, 0) is 101 Å². The summed E-state index contributed by atoms with van der Waals surface area (Å²) in [4.78, 5) is 17.4. The summed E-state index contributed by atoms with van der Waals surface area (Å²) in [7, 11) is 2.33. The van der Waals surface area contributed by atoms with E-state index in [1.807, 2.05) is 20.8 Å². The van der Waals surface area contributed by atoms with Crippen LogP contribution in [0.15, 0.2) is 41.3 Å². The third-order valence-electron chi connectivity index (χ3n) is 9.54. The second-order valence-corrected chi connectivity index (χ2v) is 14.6. The first-order chi connectivity index (χ1) is 21.0. The lowest BCUT2D eigenvalue weighted by Crippen LogP contribution is -2.49. The van der Waals surface area contributed by atoms with Gasteiger partial charge in [-0.1, -0.05) is 30.3 Å². The number of rotatable bonds is 13. The van der Waals surface area contributed by atoms with Crippen LogP contribution in [0.5, 0.6) is 5.75 Å². The zero-order valence-electron chi connectivity index (χ0n) is 27.5. The number of ether oxygens (including phenoxy) is 2. The molecule has 0 bridgehead atoms. The Morgan fingerprint density at radius 2 is 1.66 bits per heavy atom. The molecule has 2 aliphatic rings. The summed E-state index contributed by atoms with van der Waals surface area (Å²) >= 11 is 0. The molecule has 1 heterocycles. The molecule has 0 aromatic heterocycles. The number of hydrogen-bond donors (Lipinski definition) is 1. The highest BCUT2D eigenvalue weighted by Crippen LogP contribution is 2.39. The minimum atomic E-state index is -3.61. The molecule has 1 saturated carbocycles. The molecule has 2 aromatic carbocycles. The number of piperazine rings is 1. The van der Waals surface area contributed by atoms with Crippen molar-refractivity contribution in [1.29, 1.82) is 0 Å². The number of aryl methyl sites for hydroxylation is 1. The number of amides is 1. The number of carbonyl (C=O) groups is 1. The van der Waals surface area contributed by atoms with Crippen LogP contribution in [0.4, 0.5) is 0 Å². The molecule has 10 heteroatoms. The SMILES string of the molecule is COc1cc(C)c(S(=O)(=O)N2CCN(CCOCC(=O)NCC3CCC(C(c4ccccc4)N(C)C)CC3)CC2)c(C)c1C. The molecular weight excluding hydrogens is 576 g/mol. The van der Waals surface area contributed by atoms with Crippen LogP contribution < -0.4 is 10.1 Å². The number of methoxy groups -OCH3 is 1. The Hall–Kier alpha value is -2.50. The largest absolute Gasteiger partial charge is 0.496 e. The van der Waals surface area contributed by atoms with Gasteiger partial charge in [-0.2, -0.15) is 4.31 Å². The van der Waals surface area contributed by atoms with Crippen molar-refractivity contribution in [3.05, 3.63) is 58.7 Å². The number of hydrogen-bond acceptors (Lipinski definition) is 7. The van der Waals surface area contributed by atoms with E-state index in [0.29, 0.717) is 80.0 Å². The molecule has 1 unspecified atom stereocenters. The van der Waals surface area contributed by atoms with Crippen molar-refractivity contribution in [2.45, 2.75) is 57.4 Å². The summed E-state index contributed by atoms with van der Waals surface area (Å²) in [6.07, 6.45) is 4.59. The van der Waals surface area contributed by atoms with Crippen LogP contribution >= 0.6 is 0 Å². The van der Waals surface area contributed by atoms with Crippen LogP contribution in [-0.2, 0) is 19.6 Å². The molecule has 1 N–H and O–H groups in total. The van der Waals surface area contributed by atoms with Crippen molar-refractivity contribution < 1.29 is 22.7 Å². The lowest BCUT2D eigenvalue weighted by Gasteiger charge is -2.37. The molecule has 1 atom stereocenters. The summed E-state index contributed by atoms with van der Waals surface area (Å²) in [6, 6.07) is 13.0. The van der Waals surface area contributed by atoms with Crippen LogP contribution in [0.1, 0.15) is 54.0 Å². The highest BCUT2D eigenvalue weighted by molar-refractivity contribution is 7.89. The fraction of sp³-hybridized carbons (Fsp3) is 0.618. The maximum atomic E-state index is 13.5. The molecule has 1 saturated heterocycles. The molecule has 2 aromatic rings. The zero-order chi connectivity index (χ0) is 31.9. The normalized spacial score (nSPS) is 20.9. The van der Waals surface area contributed by atoms with E-state index >= 15 is 0 Å². The van der Waals surface area contributed by atoms with Gasteiger partial charge in [0, 0.05) is 45.3 Å². The third-order valence-corrected chi connectivity index (χ3v) is 11.7. The zero-order valence-corrected chi connectivity index (χ0v) is 28.3. The van der Waals surface area contributed by atoms with E-state index in [4.69, 9.17) is 9.47 Å². The number of benzene rings is 2. The first-order valence-corrected chi connectivity index (χ1v) is 17.4. The average molecular weight is 629 g/mol. The molecule has 1 aliphatic carbocycles. The maximum Gasteiger partial charge on any atom is 0.246 e. The van der Waals surface area contributed by atoms with Gasteiger partial charge in [-0.15, -0.1) is 0 Å². The summed E-state index contributed by atoms with van der Waals surface area (Å²) < 4.78 is 39.7. The van der Waals surface area contributed by atoms with Crippen molar-refractivity contribution in [3.8, 4) is 5.75 Å². The second kappa shape index (κ2) is 15.7. The predicted molar refractivity (Wildman–Crippen MR) is 175 cm³/mol. The summed E-state index contributed by atoms with van der Waals surface area (Å²) in [5.74, 6) is 1.77. The Morgan fingerprint density at radius 3 is 2.27 bits per heavy atom. The highest BCUT2D eigenvalue weighted by Gasteiger charge is 2.32. The lowest BCUT2D eigenvalue weighted by atomic mass is 9.76. The van der Waals surface area contributed by atoms with Gasteiger partial charge in [0.25, 0.3) is 0 Å². The molecule has 0 spiro atoms. The van der Waals surface area contributed by atoms with Crippen LogP contribution in [0.2, 0.25) is 0 Å². The van der Waals surface area contributed by atoms with Gasteiger partial charge in [0.2, 0.25) is 15.9 Å². The molecule has 9 nitrogen and oxygen atoms in total. The first-order valence-electron chi connectivity index (χ1n) is 16.0. The van der Waals surface area contributed by atoms with Crippen LogP contribution in [0.3, 0.4) is 0 Å². The number of carbonyl (C=O) groups excluding carboxylic acids is 1. The molecule has 1 aliphatic heterocycles. The van der Waals surface area contributed by atoms with Crippen molar-refractivity contribution in [3.63, 3.8) is 0 Å². The van der Waals surface area contributed by atoms with E-state index in [1.165, 1.54) is 18.4 Å². The summed E-state index contributed by atoms with van der Waals surface area (Å²) in [6.45, 7) is 9.53. The van der Waals surface area contributed by atoms with E-state index in [0.717, 1.165) is 24.0 Å². The third kappa shape index (κ3) is 8.40. The van der Waals surface area contributed by atoms with Crippen LogP contribution in [0, 0.1) is 32.6 Å². The molecule has 244 valence electrons. The van der Waals surface area contributed by atoms with Crippen LogP contribution in [-0.4, -0.2) is 102 Å². The van der Waals surface area contributed by atoms with E-state index in [9.17, 15) is 13.2 Å². The predicted octanol–water partition coefficient (Wildman–Crippen LogP) is 4.17. The Kier molecular flexibility index (Phi) is 12.2. The standard InChI is InChI=1S/C34H52N4O5S/c1-25-22-31(42-6)26(2)27(3)34(25)44(40,41)38-18-16-37(17-19-38)20-21-43-24-32(39)35-23-28-12-14-30(15-13-28)33(36(4)5)29-10-8-7-9-11-29/h7-11,22,28,30,33H,12-21,23-24H2,1-6H3,(H,35,39). The topological polar surface area (TPSA) is 91.4 Å². The van der Waals surface area contributed by atoms with E-state index < -0.39 is 10.0 Å². The quantitative estimate of drug-likeness (QED) is 0.333. The summed E-state index contributed by atoms with van der Waals surface area (Å²) in [5.41, 5.74) is 3.67. The highest BCUT2D eigenvalue weighted by atomic mass is 32.2. The smallest absolute Gasteiger partial charge is 0.246 e. The van der Waals surface area contributed by atoms with E-state index in [2.05, 4.69) is 59.5 Å². The molecule has 1 amide bonds. The molecule has 44 heavy (non-hydrogen) atoms. The first kappa shape index (κ1) is 34.4. The lowest BCUT2D eigenvalue weighted by molar-refractivity contribution is -0.126. The van der Waals surface area contributed by atoms with Crippen LogP contribution in [0.25, 0.3) is 0 Å². The number of nitrogens with one attached hydrogen (secondary N) is 1. The molecule has 4 rings (SSSR count). The average Bonchev–Trinajstić information content (AvgIpc) is 3.01. The summed E-state index contributed by atoms with van der Waals surface area (Å²) in [5, 5.41) is 3.08. The van der Waals surface area contributed by atoms with Gasteiger partial charge in [0.15, 0.2) is 0 Å². The molecule has 0 radical (unpaired) electrons. The Morgan fingerprint density at radius 1 is 1.00 bits per heavy atom. The fourth-order valence-corrected chi connectivity index (χ4v) is 8.88. The Balaban J connectivity index is 1.13. The minimum Gasteiger partial charge on any atom is -0.496 e. The molecule has 2 fully saturated rings. The van der Waals surface area contributed by atoms with E-state index in [-0.39, 0.29) is 12.5 Å². The van der Waals surface area contributed by atoms with Crippen molar-refractivity contribution in [1.82, 2.24) is 19.4 Å². The van der Waals surface area contributed by atoms with Crippen molar-refractivity contribution in [2.24, 2.45) is 11.8 Å². The Labute approximate surface area is 264 Å². The van der Waals surface area contributed by atoms with Gasteiger partial charge < -0.3 is 19.7 Å². The van der Waals surface area contributed by atoms with Gasteiger partial charge >= 0.3 is 0 Å².